The molecule has 0 amide bonds. The number of carbonyl (C=O) groups excluding carboxylic acids is 1. The Bertz CT molecular complexity index is 669. The third kappa shape index (κ3) is 3.04. The molecular formula is C17H15NO2. The van der Waals surface area contributed by atoms with Crippen LogP contribution in [0.4, 0.5) is 0 Å². The molecule has 0 bridgehead atoms. The average molecular weight is 265 g/mol. The molecule has 0 unspecified atom stereocenters. The Balaban J connectivity index is 2.26. The lowest BCUT2D eigenvalue weighted by Gasteiger charge is -2.11. The molecule has 2 aromatic rings. The van der Waals surface area contributed by atoms with Crippen molar-refractivity contribution in [1.29, 1.82) is 5.26 Å². The lowest BCUT2D eigenvalue weighted by molar-refractivity contribution is 0.101. The molecule has 0 spiro atoms. The predicted octanol–water partition coefficient (Wildman–Crippen LogP) is 3.65. The fourth-order valence-corrected chi connectivity index (χ4v) is 2.00. The van der Waals surface area contributed by atoms with E-state index in [4.69, 9.17) is 4.74 Å². The van der Waals surface area contributed by atoms with Gasteiger partial charge >= 0.3 is 0 Å². The van der Waals surface area contributed by atoms with Gasteiger partial charge in [0, 0.05) is 5.56 Å². The smallest absolute Gasteiger partial charge is 0.160 e. The third-order valence-corrected chi connectivity index (χ3v) is 3.06. The van der Waals surface area contributed by atoms with Crippen molar-refractivity contribution in [3.63, 3.8) is 0 Å². The van der Waals surface area contributed by atoms with Gasteiger partial charge in [0.2, 0.25) is 0 Å². The monoisotopic (exact) mass is 265 g/mol. The van der Waals surface area contributed by atoms with E-state index in [0.717, 1.165) is 11.1 Å². The van der Waals surface area contributed by atoms with Crippen molar-refractivity contribution in [1.82, 2.24) is 0 Å². The second-order valence-corrected chi connectivity index (χ2v) is 4.61. The number of carbonyl (C=O) groups is 1. The highest BCUT2D eigenvalue weighted by molar-refractivity contribution is 5.96. The summed E-state index contributed by atoms with van der Waals surface area (Å²) in [7, 11) is 0. The number of hydrogen-bond donors (Lipinski definition) is 0. The molecule has 20 heavy (non-hydrogen) atoms. The van der Waals surface area contributed by atoms with Gasteiger partial charge in [0.05, 0.1) is 5.56 Å². The Morgan fingerprint density at radius 3 is 2.55 bits per heavy atom. The minimum Gasteiger partial charge on any atom is -0.488 e. The molecule has 0 atom stereocenters. The average Bonchev–Trinajstić information content (AvgIpc) is 2.46. The van der Waals surface area contributed by atoms with Gasteiger partial charge in [0.25, 0.3) is 0 Å². The molecule has 0 aliphatic carbocycles. The number of Topliss-reactive ketones (excluding diaryl/α,β-unsaturated/α-hetero) is 1. The Hall–Kier alpha value is -2.60. The van der Waals surface area contributed by atoms with Crippen LogP contribution >= 0.6 is 0 Å². The molecule has 0 fully saturated rings. The molecule has 0 aliphatic rings. The Labute approximate surface area is 118 Å². The quantitative estimate of drug-likeness (QED) is 0.793. The second-order valence-electron chi connectivity index (χ2n) is 4.61. The van der Waals surface area contributed by atoms with Crippen molar-refractivity contribution in [3.8, 4) is 11.8 Å². The number of ether oxygens (including phenoxy) is 1. The molecule has 0 aromatic heterocycles. The first-order valence-electron chi connectivity index (χ1n) is 6.34. The maximum atomic E-state index is 11.5. The van der Waals surface area contributed by atoms with Gasteiger partial charge in [0.1, 0.15) is 18.4 Å². The minimum absolute atomic E-state index is 0.0476. The van der Waals surface area contributed by atoms with Crippen molar-refractivity contribution >= 4 is 5.78 Å². The first-order valence-corrected chi connectivity index (χ1v) is 6.34. The number of nitriles is 1. The molecule has 0 saturated carbocycles. The van der Waals surface area contributed by atoms with Gasteiger partial charge in [-0.2, -0.15) is 5.26 Å². The van der Waals surface area contributed by atoms with Crippen LogP contribution in [-0.2, 0) is 6.61 Å². The Kier molecular flexibility index (Phi) is 4.17. The summed E-state index contributed by atoms with van der Waals surface area (Å²) in [6.07, 6.45) is 0. The van der Waals surface area contributed by atoms with Crippen LogP contribution in [0.2, 0.25) is 0 Å². The van der Waals surface area contributed by atoms with Crippen LogP contribution < -0.4 is 4.74 Å². The van der Waals surface area contributed by atoms with E-state index in [0.29, 0.717) is 23.5 Å². The number of nitrogens with zero attached hydrogens (tertiary/aromatic N) is 1. The summed E-state index contributed by atoms with van der Waals surface area (Å²) in [5.74, 6) is 0.465. The lowest BCUT2D eigenvalue weighted by atomic mass is 10.0. The standard InChI is InChI=1S/C17H15NO2/c1-12-8-17(15(10-18)9-16(12)13(2)19)20-11-14-6-4-3-5-7-14/h3-9H,11H2,1-2H3. The van der Waals surface area contributed by atoms with Crippen LogP contribution in [0.3, 0.4) is 0 Å². The molecular weight excluding hydrogens is 250 g/mol. The Morgan fingerprint density at radius 1 is 1.25 bits per heavy atom. The number of ketones is 1. The van der Waals surface area contributed by atoms with Gasteiger partial charge in [0.15, 0.2) is 5.78 Å². The van der Waals surface area contributed by atoms with Crippen LogP contribution in [0.15, 0.2) is 42.5 Å². The van der Waals surface area contributed by atoms with Gasteiger partial charge in [-0.1, -0.05) is 30.3 Å². The van der Waals surface area contributed by atoms with E-state index in [2.05, 4.69) is 6.07 Å². The van der Waals surface area contributed by atoms with Crippen molar-refractivity contribution < 1.29 is 9.53 Å². The van der Waals surface area contributed by atoms with Crippen LogP contribution in [0.5, 0.6) is 5.75 Å². The van der Waals surface area contributed by atoms with Crippen molar-refractivity contribution in [2.75, 3.05) is 0 Å². The van der Waals surface area contributed by atoms with E-state index in [1.54, 1.807) is 12.1 Å². The highest BCUT2D eigenvalue weighted by Crippen LogP contribution is 2.24. The van der Waals surface area contributed by atoms with E-state index >= 15 is 0 Å². The summed E-state index contributed by atoms with van der Waals surface area (Å²) >= 11 is 0. The van der Waals surface area contributed by atoms with Crippen LogP contribution in [0.1, 0.15) is 34.0 Å². The second kappa shape index (κ2) is 6.03. The van der Waals surface area contributed by atoms with E-state index < -0.39 is 0 Å². The molecule has 0 N–H and O–H groups in total. The zero-order valence-corrected chi connectivity index (χ0v) is 11.5. The van der Waals surface area contributed by atoms with Gasteiger partial charge in [-0.05, 0) is 37.1 Å². The molecule has 2 aromatic carbocycles. The normalized spacial score (nSPS) is 9.85. The number of hydrogen-bond acceptors (Lipinski definition) is 3. The maximum absolute atomic E-state index is 11.5. The molecule has 0 heterocycles. The maximum Gasteiger partial charge on any atom is 0.160 e. The largest absolute Gasteiger partial charge is 0.488 e. The fraction of sp³-hybridized carbons (Fsp3) is 0.176. The van der Waals surface area contributed by atoms with E-state index in [1.165, 1.54) is 6.92 Å². The van der Waals surface area contributed by atoms with Crippen molar-refractivity contribution in [3.05, 3.63) is 64.7 Å². The highest BCUT2D eigenvalue weighted by Gasteiger charge is 2.11. The van der Waals surface area contributed by atoms with Crippen LogP contribution in [-0.4, -0.2) is 5.78 Å². The van der Waals surface area contributed by atoms with E-state index in [1.807, 2.05) is 37.3 Å². The molecule has 3 nitrogen and oxygen atoms in total. The zero-order valence-electron chi connectivity index (χ0n) is 11.5. The SMILES string of the molecule is CC(=O)c1cc(C#N)c(OCc2ccccc2)cc1C. The molecule has 2 rings (SSSR count). The molecule has 0 aliphatic heterocycles. The van der Waals surface area contributed by atoms with Gasteiger partial charge in [-0.3, -0.25) is 4.79 Å². The fourth-order valence-electron chi connectivity index (χ4n) is 2.00. The topological polar surface area (TPSA) is 50.1 Å². The highest BCUT2D eigenvalue weighted by atomic mass is 16.5. The first-order chi connectivity index (χ1) is 9.61. The predicted molar refractivity (Wildman–Crippen MR) is 76.7 cm³/mol. The molecule has 0 saturated heterocycles. The summed E-state index contributed by atoms with van der Waals surface area (Å²) in [6.45, 7) is 3.73. The minimum atomic E-state index is -0.0476. The first kappa shape index (κ1) is 13.8. The molecule has 0 radical (unpaired) electrons. The summed E-state index contributed by atoms with van der Waals surface area (Å²) in [4.78, 5) is 11.5. The number of benzene rings is 2. The van der Waals surface area contributed by atoms with E-state index in [9.17, 15) is 10.1 Å². The lowest BCUT2D eigenvalue weighted by Crippen LogP contribution is -2.02. The number of rotatable bonds is 4. The zero-order chi connectivity index (χ0) is 14.5. The van der Waals surface area contributed by atoms with Gasteiger partial charge < -0.3 is 4.74 Å². The van der Waals surface area contributed by atoms with Crippen LogP contribution in [0, 0.1) is 18.3 Å². The summed E-state index contributed by atoms with van der Waals surface area (Å²) < 4.78 is 5.70. The number of aryl methyl sites for hydroxylation is 1. The van der Waals surface area contributed by atoms with Crippen molar-refractivity contribution in [2.45, 2.75) is 20.5 Å². The summed E-state index contributed by atoms with van der Waals surface area (Å²) in [5, 5.41) is 9.17. The summed E-state index contributed by atoms with van der Waals surface area (Å²) in [6, 6.07) is 15.2. The van der Waals surface area contributed by atoms with Gasteiger partial charge in [-0.25, -0.2) is 0 Å². The molecule has 3 heteroatoms. The van der Waals surface area contributed by atoms with E-state index in [-0.39, 0.29) is 5.78 Å². The van der Waals surface area contributed by atoms with Crippen molar-refractivity contribution in [2.24, 2.45) is 0 Å². The van der Waals surface area contributed by atoms with Crippen LogP contribution in [0.25, 0.3) is 0 Å². The van der Waals surface area contributed by atoms with Gasteiger partial charge in [-0.15, -0.1) is 0 Å². The third-order valence-electron chi connectivity index (χ3n) is 3.06. The Morgan fingerprint density at radius 2 is 1.95 bits per heavy atom. The molecule has 100 valence electrons. The summed E-state index contributed by atoms with van der Waals surface area (Å²) in [5.41, 5.74) is 2.80.